The van der Waals surface area contributed by atoms with Gasteiger partial charge in [0.05, 0.1) is 10.6 Å². The zero-order chi connectivity index (χ0) is 14.9. The van der Waals surface area contributed by atoms with Crippen molar-refractivity contribution in [1.82, 2.24) is 14.8 Å². The minimum atomic E-state index is 0.0618. The molecule has 2 aromatic heterocycles. The molecule has 4 rings (SSSR count). The van der Waals surface area contributed by atoms with Gasteiger partial charge in [0, 0.05) is 4.90 Å². The third kappa shape index (κ3) is 2.34. The molecule has 1 aliphatic heterocycles. The molecule has 0 spiro atoms. The summed E-state index contributed by atoms with van der Waals surface area (Å²) in [5, 5.41) is 9.81. The Morgan fingerprint density at radius 3 is 2.82 bits per heavy atom. The third-order valence-corrected chi connectivity index (χ3v) is 5.30. The molecule has 0 saturated heterocycles. The number of hydrogen-bond acceptors (Lipinski definition) is 5. The molecular formula is C16H14N4S2. The fourth-order valence-corrected chi connectivity index (χ4v) is 3.66. The van der Waals surface area contributed by atoms with E-state index < -0.39 is 0 Å². The van der Waals surface area contributed by atoms with Gasteiger partial charge >= 0.3 is 0 Å². The molecule has 0 radical (unpaired) electrons. The molecule has 0 amide bonds. The number of nitrogens with one attached hydrogen (secondary N) is 1. The predicted molar refractivity (Wildman–Crippen MR) is 92.3 cm³/mol. The summed E-state index contributed by atoms with van der Waals surface area (Å²) in [4.78, 5) is 6.80. The zero-order valence-electron chi connectivity index (χ0n) is 11.9. The van der Waals surface area contributed by atoms with Gasteiger partial charge in [0.1, 0.15) is 12.4 Å². The van der Waals surface area contributed by atoms with Crippen LogP contribution in [0.3, 0.4) is 0 Å². The Labute approximate surface area is 136 Å². The molecule has 0 bridgehead atoms. The van der Waals surface area contributed by atoms with Gasteiger partial charge in [0.15, 0.2) is 0 Å². The van der Waals surface area contributed by atoms with Crippen LogP contribution in [0, 0.1) is 0 Å². The van der Waals surface area contributed by atoms with Gasteiger partial charge < -0.3 is 5.32 Å². The van der Waals surface area contributed by atoms with Crippen molar-refractivity contribution < 1.29 is 0 Å². The molecule has 1 N–H and O–H groups in total. The second-order valence-electron chi connectivity index (χ2n) is 4.93. The highest BCUT2D eigenvalue weighted by Crippen LogP contribution is 2.33. The highest BCUT2D eigenvalue weighted by Gasteiger charge is 2.23. The number of nitrogens with zero attached hydrogens (tertiary/aromatic N) is 3. The monoisotopic (exact) mass is 326 g/mol. The summed E-state index contributed by atoms with van der Waals surface area (Å²) in [6.45, 7) is 0. The number of fused-ring (bicyclic) bond motifs is 1. The summed E-state index contributed by atoms with van der Waals surface area (Å²) in [6, 6.07) is 12.9. The highest BCUT2D eigenvalue weighted by atomic mass is 32.2. The predicted octanol–water partition coefficient (Wildman–Crippen LogP) is 4.12. The second kappa shape index (κ2) is 5.62. The lowest BCUT2D eigenvalue weighted by Gasteiger charge is -2.23. The Morgan fingerprint density at radius 1 is 1.23 bits per heavy atom. The van der Waals surface area contributed by atoms with Gasteiger partial charge in [-0.05, 0) is 41.5 Å². The van der Waals surface area contributed by atoms with Crippen molar-refractivity contribution in [2.45, 2.75) is 10.9 Å². The van der Waals surface area contributed by atoms with Crippen LogP contribution in [0.15, 0.2) is 59.1 Å². The SMILES string of the molecule is CSc1ccc([C@@H]2C=C(c3cccs3)Nc3ncnn32)cc1. The fraction of sp³-hybridized carbons (Fsp3) is 0.125. The van der Waals surface area contributed by atoms with Crippen molar-refractivity contribution in [3.05, 3.63) is 64.6 Å². The second-order valence-corrected chi connectivity index (χ2v) is 6.76. The summed E-state index contributed by atoms with van der Waals surface area (Å²) in [5.41, 5.74) is 2.30. The largest absolute Gasteiger partial charge is 0.323 e. The van der Waals surface area contributed by atoms with Gasteiger partial charge in [-0.2, -0.15) is 10.1 Å². The summed E-state index contributed by atoms with van der Waals surface area (Å²) in [6.07, 6.45) is 5.89. The molecule has 6 heteroatoms. The minimum Gasteiger partial charge on any atom is -0.323 e. The first-order valence-electron chi connectivity index (χ1n) is 6.91. The number of hydrogen-bond donors (Lipinski definition) is 1. The van der Waals surface area contributed by atoms with Crippen molar-refractivity contribution in [1.29, 1.82) is 0 Å². The van der Waals surface area contributed by atoms with Gasteiger partial charge in [-0.3, -0.25) is 0 Å². The molecule has 0 aliphatic carbocycles. The van der Waals surface area contributed by atoms with Gasteiger partial charge in [0.2, 0.25) is 5.95 Å². The first-order valence-corrected chi connectivity index (χ1v) is 9.02. The van der Waals surface area contributed by atoms with E-state index in [9.17, 15) is 0 Å². The highest BCUT2D eigenvalue weighted by molar-refractivity contribution is 7.98. The van der Waals surface area contributed by atoms with Crippen LogP contribution in [0.1, 0.15) is 16.5 Å². The van der Waals surface area contributed by atoms with Crippen molar-refractivity contribution in [2.75, 3.05) is 11.6 Å². The van der Waals surface area contributed by atoms with Crippen molar-refractivity contribution >= 4 is 34.7 Å². The molecule has 1 aromatic carbocycles. The smallest absolute Gasteiger partial charge is 0.226 e. The quantitative estimate of drug-likeness (QED) is 0.735. The standard InChI is InChI=1S/C16H14N4S2/c1-21-12-6-4-11(5-7-12)14-9-13(15-3-2-8-22-15)19-16-17-10-18-20(14)16/h2-10,14H,1H3,(H,17,18,19)/t14-/m0/s1. The van der Waals surface area contributed by atoms with E-state index in [1.54, 1.807) is 29.4 Å². The first-order chi connectivity index (χ1) is 10.8. The van der Waals surface area contributed by atoms with Gasteiger partial charge in [0.25, 0.3) is 0 Å². The van der Waals surface area contributed by atoms with Crippen molar-refractivity contribution in [2.24, 2.45) is 0 Å². The molecule has 0 fully saturated rings. The van der Waals surface area contributed by atoms with Gasteiger partial charge in [-0.25, -0.2) is 4.68 Å². The van der Waals surface area contributed by atoms with Crippen LogP contribution in [0.25, 0.3) is 5.70 Å². The van der Waals surface area contributed by atoms with E-state index in [1.807, 2.05) is 4.68 Å². The summed E-state index contributed by atoms with van der Waals surface area (Å²) in [7, 11) is 0. The topological polar surface area (TPSA) is 42.7 Å². The molecule has 1 aliphatic rings. The third-order valence-electron chi connectivity index (χ3n) is 3.65. The summed E-state index contributed by atoms with van der Waals surface area (Å²) in [5.74, 6) is 0.782. The van der Waals surface area contributed by atoms with E-state index in [0.717, 1.165) is 11.6 Å². The maximum absolute atomic E-state index is 4.37. The number of aromatic nitrogens is 3. The molecule has 110 valence electrons. The van der Waals surface area contributed by atoms with Crippen LogP contribution in [0.5, 0.6) is 0 Å². The van der Waals surface area contributed by atoms with E-state index in [1.165, 1.54) is 15.3 Å². The Morgan fingerprint density at radius 2 is 2.09 bits per heavy atom. The summed E-state index contributed by atoms with van der Waals surface area (Å²) < 4.78 is 1.92. The number of rotatable bonds is 3. The Hall–Kier alpha value is -2.05. The van der Waals surface area contributed by atoms with E-state index in [4.69, 9.17) is 0 Å². The van der Waals surface area contributed by atoms with Crippen LogP contribution < -0.4 is 5.32 Å². The van der Waals surface area contributed by atoms with Crippen molar-refractivity contribution in [3.8, 4) is 0 Å². The molecular weight excluding hydrogens is 312 g/mol. The van der Waals surface area contributed by atoms with Crippen LogP contribution in [-0.2, 0) is 0 Å². The Bertz CT molecular complexity index is 803. The molecule has 0 saturated carbocycles. The van der Waals surface area contributed by atoms with Crippen LogP contribution in [0.4, 0.5) is 5.95 Å². The maximum Gasteiger partial charge on any atom is 0.226 e. The average molecular weight is 326 g/mol. The Balaban J connectivity index is 1.78. The average Bonchev–Trinajstić information content (AvgIpc) is 3.25. The Kier molecular flexibility index (Phi) is 3.48. The number of thioether (sulfide) groups is 1. The molecule has 4 nitrogen and oxygen atoms in total. The molecule has 22 heavy (non-hydrogen) atoms. The first kappa shape index (κ1) is 13.6. The van der Waals surface area contributed by atoms with E-state index in [0.29, 0.717) is 0 Å². The number of benzene rings is 1. The number of thiophene rings is 1. The van der Waals surface area contributed by atoms with E-state index in [-0.39, 0.29) is 6.04 Å². The normalized spacial score (nSPS) is 16.8. The molecule has 3 heterocycles. The van der Waals surface area contributed by atoms with Gasteiger partial charge in [-0.15, -0.1) is 23.1 Å². The van der Waals surface area contributed by atoms with Crippen molar-refractivity contribution in [3.63, 3.8) is 0 Å². The molecule has 3 aromatic rings. The van der Waals surface area contributed by atoms with Crippen LogP contribution >= 0.6 is 23.1 Å². The van der Waals surface area contributed by atoms with Crippen LogP contribution in [0.2, 0.25) is 0 Å². The minimum absolute atomic E-state index is 0.0618. The fourth-order valence-electron chi connectivity index (χ4n) is 2.55. The summed E-state index contributed by atoms with van der Waals surface area (Å²) >= 11 is 3.47. The molecule has 1 atom stereocenters. The van der Waals surface area contributed by atoms with Crippen LogP contribution in [-0.4, -0.2) is 21.0 Å². The lowest BCUT2D eigenvalue weighted by Crippen LogP contribution is -2.19. The van der Waals surface area contributed by atoms with E-state index >= 15 is 0 Å². The van der Waals surface area contributed by atoms with E-state index in [2.05, 4.69) is 69.5 Å². The van der Waals surface area contributed by atoms with Gasteiger partial charge in [-0.1, -0.05) is 18.2 Å². The lowest BCUT2D eigenvalue weighted by molar-refractivity contribution is 0.611. The lowest BCUT2D eigenvalue weighted by atomic mass is 10.0. The molecule has 0 unspecified atom stereocenters. The maximum atomic E-state index is 4.37. The number of anilines is 1. The zero-order valence-corrected chi connectivity index (χ0v) is 13.6. The number of allylic oxidation sites excluding steroid dienone is 1.